The molecule has 1 aromatic carbocycles. The molecular formula is C10H13N3O6S. The van der Waals surface area contributed by atoms with Crippen LogP contribution in [-0.2, 0) is 14.8 Å². The number of sulfonamides is 1. The van der Waals surface area contributed by atoms with Gasteiger partial charge in [-0.3, -0.25) is 0 Å². The maximum Gasteiger partial charge on any atom is 0.404 e. The van der Waals surface area contributed by atoms with Gasteiger partial charge in [0.25, 0.3) is 0 Å². The fourth-order valence-corrected chi connectivity index (χ4v) is 2.54. The summed E-state index contributed by atoms with van der Waals surface area (Å²) >= 11 is 0. The first kappa shape index (κ1) is 15.7. The molecule has 6 N–H and O–H groups in total. The number of amides is 1. The molecular weight excluding hydrogens is 290 g/mol. The van der Waals surface area contributed by atoms with Crippen molar-refractivity contribution in [3.8, 4) is 0 Å². The van der Waals surface area contributed by atoms with Crippen LogP contribution < -0.4 is 16.2 Å². The predicted molar refractivity (Wildman–Crippen MR) is 68.5 cm³/mol. The lowest BCUT2D eigenvalue weighted by Gasteiger charge is -2.09. The van der Waals surface area contributed by atoms with Gasteiger partial charge in [-0.05, 0) is 18.2 Å². The van der Waals surface area contributed by atoms with E-state index in [0.29, 0.717) is 0 Å². The maximum atomic E-state index is 11.9. The number of carboxylic acid groups (broad SMARTS) is 1. The Hall–Kier alpha value is -2.33. The second-order valence-electron chi connectivity index (χ2n) is 3.63. The van der Waals surface area contributed by atoms with Crippen LogP contribution in [0.25, 0.3) is 0 Å². The minimum atomic E-state index is -4.07. The van der Waals surface area contributed by atoms with E-state index in [1.54, 1.807) is 0 Å². The van der Waals surface area contributed by atoms with E-state index in [1.165, 1.54) is 6.07 Å². The number of carboxylic acids is 1. The molecule has 0 atom stereocenters. The van der Waals surface area contributed by atoms with E-state index < -0.39 is 32.5 Å². The SMILES string of the molecule is NC(=O)OCCNS(=O)(=O)c1ccc(N)cc1C(=O)O. The van der Waals surface area contributed by atoms with Crippen LogP contribution in [0.4, 0.5) is 10.5 Å². The van der Waals surface area contributed by atoms with E-state index >= 15 is 0 Å². The first-order valence-corrected chi connectivity index (χ1v) is 6.77. The number of carbonyl (C=O) groups excluding carboxylic acids is 1. The molecule has 0 aliphatic carbocycles. The average Bonchev–Trinajstić information content (AvgIpc) is 2.34. The van der Waals surface area contributed by atoms with Crippen LogP contribution in [0, 0.1) is 0 Å². The molecule has 1 rings (SSSR count). The zero-order valence-corrected chi connectivity index (χ0v) is 11.0. The van der Waals surface area contributed by atoms with Crippen molar-refractivity contribution in [1.82, 2.24) is 4.72 Å². The van der Waals surface area contributed by atoms with Crippen LogP contribution in [0.1, 0.15) is 10.4 Å². The molecule has 1 amide bonds. The van der Waals surface area contributed by atoms with Crippen molar-refractivity contribution in [1.29, 1.82) is 0 Å². The predicted octanol–water partition coefficient (Wildman–Crippen LogP) is -0.659. The quantitative estimate of drug-likeness (QED) is 0.400. The molecule has 0 radical (unpaired) electrons. The summed E-state index contributed by atoms with van der Waals surface area (Å²) in [5, 5.41) is 8.96. The second kappa shape index (κ2) is 6.21. The van der Waals surface area contributed by atoms with Gasteiger partial charge < -0.3 is 21.3 Å². The Morgan fingerprint density at radius 1 is 1.35 bits per heavy atom. The van der Waals surface area contributed by atoms with Crippen LogP contribution in [0.15, 0.2) is 23.1 Å². The number of aromatic carboxylic acids is 1. The number of rotatable bonds is 6. The van der Waals surface area contributed by atoms with E-state index in [-0.39, 0.29) is 18.8 Å². The standard InChI is InChI=1S/C10H13N3O6S/c11-6-1-2-8(7(5-6)9(14)15)20(17,18)13-3-4-19-10(12)16/h1-2,5,13H,3-4,11H2,(H2,12,16)(H,14,15). The minimum absolute atomic E-state index is 0.124. The third-order valence-electron chi connectivity index (χ3n) is 2.16. The minimum Gasteiger partial charge on any atom is -0.478 e. The number of nitrogens with two attached hydrogens (primary N) is 2. The van der Waals surface area contributed by atoms with Crippen LogP contribution in [0.5, 0.6) is 0 Å². The third kappa shape index (κ3) is 4.10. The highest BCUT2D eigenvalue weighted by Gasteiger charge is 2.22. The van der Waals surface area contributed by atoms with Crippen molar-refractivity contribution in [3.05, 3.63) is 23.8 Å². The first-order valence-electron chi connectivity index (χ1n) is 5.29. The molecule has 110 valence electrons. The van der Waals surface area contributed by atoms with Gasteiger partial charge in [0.05, 0.1) is 10.5 Å². The highest BCUT2D eigenvalue weighted by Crippen LogP contribution is 2.18. The number of carbonyl (C=O) groups is 2. The number of nitrogens with one attached hydrogen (secondary N) is 1. The molecule has 10 heteroatoms. The molecule has 1 aromatic rings. The zero-order chi connectivity index (χ0) is 15.3. The number of hydrogen-bond acceptors (Lipinski definition) is 6. The summed E-state index contributed by atoms with van der Waals surface area (Å²) in [6.45, 7) is -0.513. The molecule has 20 heavy (non-hydrogen) atoms. The van der Waals surface area contributed by atoms with Gasteiger partial charge in [-0.1, -0.05) is 0 Å². The second-order valence-corrected chi connectivity index (χ2v) is 5.36. The summed E-state index contributed by atoms with van der Waals surface area (Å²) < 4.78 is 30.3. The summed E-state index contributed by atoms with van der Waals surface area (Å²) in [5.74, 6) is -1.42. The highest BCUT2D eigenvalue weighted by molar-refractivity contribution is 7.89. The fraction of sp³-hybridized carbons (Fsp3) is 0.200. The molecule has 0 bridgehead atoms. The summed E-state index contributed by atoms with van der Waals surface area (Å²) in [6.07, 6.45) is -1.04. The Morgan fingerprint density at radius 3 is 2.55 bits per heavy atom. The summed E-state index contributed by atoms with van der Waals surface area (Å²) in [7, 11) is -4.07. The monoisotopic (exact) mass is 303 g/mol. The van der Waals surface area contributed by atoms with Gasteiger partial charge in [-0.15, -0.1) is 0 Å². The summed E-state index contributed by atoms with van der Waals surface area (Å²) in [6, 6.07) is 3.38. The topological polar surface area (TPSA) is 162 Å². The molecule has 0 aliphatic rings. The lowest BCUT2D eigenvalue weighted by atomic mass is 10.2. The van der Waals surface area contributed by atoms with Gasteiger partial charge in [-0.2, -0.15) is 0 Å². The van der Waals surface area contributed by atoms with Gasteiger partial charge in [0.15, 0.2) is 0 Å². The Labute approximate surface area is 114 Å². The van der Waals surface area contributed by atoms with E-state index in [1.807, 2.05) is 0 Å². The number of benzene rings is 1. The summed E-state index contributed by atoms with van der Waals surface area (Å²) in [4.78, 5) is 20.9. The smallest absolute Gasteiger partial charge is 0.404 e. The molecule has 0 aliphatic heterocycles. The van der Waals surface area contributed by atoms with E-state index in [2.05, 4.69) is 9.46 Å². The highest BCUT2D eigenvalue weighted by atomic mass is 32.2. The van der Waals surface area contributed by atoms with Crippen LogP contribution in [0.2, 0.25) is 0 Å². The normalized spacial score (nSPS) is 11.0. The van der Waals surface area contributed by atoms with Crippen LogP contribution >= 0.6 is 0 Å². The zero-order valence-electron chi connectivity index (χ0n) is 10.2. The maximum absolute atomic E-state index is 11.9. The fourth-order valence-electron chi connectivity index (χ4n) is 1.35. The molecule has 0 heterocycles. The molecule has 0 saturated carbocycles. The first-order chi connectivity index (χ1) is 9.24. The van der Waals surface area contributed by atoms with Crippen molar-refractivity contribution in [2.45, 2.75) is 4.90 Å². The lowest BCUT2D eigenvalue weighted by molar-refractivity contribution is 0.0692. The third-order valence-corrected chi connectivity index (χ3v) is 3.68. The molecule has 9 nitrogen and oxygen atoms in total. The molecule has 0 unspecified atom stereocenters. The van der Waals surface area contributed by atoms with E-state index in [0.717, 1.165) is 12.1 Å². The average molecular weight is 303 g/mol. The van der Waals surface area contributed by atoms with Crippen molar-refractivity contribution in [3.63, 3.8) is 0 Å². The molecule has 0 fully saturated rings. The Balaban J connectivity index is 2.92. The Bertz CT molecular complexity index is 628. The van der Waals surface area contributed by atoms with Crippen molar-refractivity contribution in [2.75, 3.05) is 18.9 Å². The number of anilines is 1. The molecule has 0 aromatic heterocycles. The number of nitrogen functional groups attached to an aromatic ring is 1. The van der Waals surface area contributed by atoms with E-state index in [9.17, 15) is 18.0 Å². The van der Waals surface area contributed by atoms with Gasteiger partial charge in [0, 0.05) is 12.2 Å². The number of hydrogen-bond donors (Lipinski definition) is 4. The van der Waals surface area contributed by atoms with Crippen molar-refractivity contribution >= 4 is 27.8 Å². The van der Waals surface area contributed by atoms with Crippen LogP contribution in [-0.4, -0.2) is 38.7 Å². The van der Waals surface area contributed by atoms with Gasteiger partial charge in [0.2, 0.25) is 10.0 Å². The van der Waals surface area contributed by atoms with Crippen molar-refractivity contribution in [2.24, 2.45) is 5.73 Å². The Morgan fingerprint density at radius 2 is 2.00 bits per heavy atom. The number of primary amides is 1. The van der Waals surface area contributed by atoms with E-state index in [4.69, 9.17) is 16.6 Å². The van der Waals surface area contributed by atoms with Gasteiger partial charge in [-0.25, -0.2) is 22.7 Å². The van der Waals surface area contributed by atoms with Crippen LogP contribution in [0.3, 0.4) is 0 Å². The molecule has 0 spiro atoms. The Kier molecular flexibility index (Phi) is 4.88. The van der Waals surface area contributed by atoms with Crippen molar-refractivity contribution < 1.29 is 27.9 Å². The summed E-state index contributed by atoms with van der Waals surface area (Å²) in [5.41, 5.74) is 9.79. The van der Waals surface area contributed by atoms with Gasteiger partial charge in [0.1, 0.15) is 6.61 Å². The number of ether oxygens (including phenoxy) is 1. The molecule has 0 saturated heterocycles. The lowest BCUT2D eigenvalue weighted by Crippen LogP contribution is -2.30. The van der Waals surface area contributed by atoms with Gasteiger partial charge >= 0.3 is 12.1 Å². The largest absolute Gasteiger partial charge is 0.478 e.